The second kappa shape index (κ2) is 5.16. The fourth-order valence-corrected chi connectivity index (χ4v) is 4.33. The SMILES string of the molecule is COC(=O)c1ncsc1S(=O)(=O)NC1(C)CCOC1. The largest absolute Gasteiger partial charge is 0.464 e. The molecule has 19 heavy (non-hydrogen) atoms. The zero-order valence-electron chi connectivity index (χ0n) is 10.5. The van der Waals surface area contributed by atoms with Gasteiger partial charge >= 0.3 is 5.97 Å². The summed E-state index contributed by atoms with van der Waals surface area (Å²) in [7, 11) is -2.64. The Kier molecular flexibility index (Phi) is 3.90. The average Bonchev–Trinajstić information content (AvgIpc) is 2.96. The lowest BCUT2D eigenvalue weighted by Crippen LogP contribution is -2.46. The number of thiazole rings is 1. The molecule has 1 N–H and O–H groups in total. The molecule has 0 saturated carbocycles. The minimum Gasteiger partial charge on any atom is -0.464 e. The van der Waals surface area contributed by atoms with Crippen molar-refractivity contribution in [3.8, 4) is 0 Å². The van der Waals surface area contributed by atoms with Crippen molar-refractivity contribution in [2.45, 2.75) is 23.1 Å². The molecule has 1 fully saturated rings. The lowest BCUT2D eigenvalue weighted by molar-refractivity contribution is 0.0590. The van der Waals surface area contributed by atoms with Gasteiger partial charge in [0.15, 0.2) is 9.90 Å². The van der Waals surface area contributed by atoms with Crippen LogP contribution in [0.3, 0.4) is 0 Å². The molecule has 1 aromatic heterocycles. The maximum atomic E-state index is 12.3. The normalized spacial score (nSPS) is 23.5. The van der Waals surface area contributed by atoms with Crippen molar-refractivity contribution in [1.29, 1.82) is 0 Å². The fourth-order valence-electron chi connectivity index (χ4n) is 1.78. The molecule has 106 valence electrons. The molecule has 1 atom stereocenters. The van der Waals surface area contributed by atoms with Gasteiger partial charge in [-0.3, -0.25) is 0 Å². The van der Waals surface area contributed by atoms with Gasteiger partial charge in [-0.15, -0.1) is 11.3 Å². The molecule has 1 saturated heterocycles. The molecular weight excluding hydrogens is 292 g/mol. The molecule has 0 amide bonds. The number of ether oxygens (including phenoxy) is 2. The van der Waals surface area contributed by atoms with Crippen LogP contribution in [0.2, 0.25) is 0 Å². The zero-order chi connectivity index (χ0) is 14.1. The number of carbonyl (C=O) groups is 1. The van der Waals surface area contributed by atoms with Gasteiger partial charge in [0.25, 0.3) is 10.0 Å². The number of nitrogens with zero attached hydrogens (tertiary/aromatic N) is 1. The van der Waals surface area contributed by atoms with E-state index in [-0.39, 0.29) is 9.90 Å². The third-order valence-electron chi connectivity index (χ3n) is 2.76. The van der Waals surface area contributed by atoms with Gasteiger partial charge in [0.1, 0.15) is 0 Å². The molecule has 1 unspecified atom stereocenters. The Hall–Kier alpha value is -1.03. The number of esters is 1. The highest BCUT2D eigenvalue weighted by Crippen LogP contribution is 2.25. The third kappa shape index (κ3) is 2.94. The van der Waals surface area contributed by atoms with Crippen LogP contribution in [0.15, 0.2) is 9.72 Å². The van der Waals surface area contributed by atoms with Crippen LogP contribution in [-0.2, 0) is 19.5 Å². The first-order chi connectivity index (χ1) is 8.88. The zero-order valence-corrected chi connectivity index (χ0v) is 12.1. The highest BCUT2D eigenvalue weighted by molar-refractivity contribution is 7.91. The molecule has 2 heterocycles. The topological polar surface area (TPSA) is 94.6 Å². The third-order valence-corrected chi connectivity index (χ3v) is 5.77. The monoisotopic (exact) mass is 306 g/mol. The number of methoxy groups -OCH3 is 1. The molecule has 9 heteroatoms. The van der Waals surface area contributed by atoms with E-state index in [1.807, 2.05) is 0 Å². The van der Waals surface area contributed by atoms with E-state index in [4.69, 9.17) is 4.74 Å². The van der Waals surface area contributed by atoms with Crippen molar-refractivity contribution in [3.63, 3.8) is 0 Å². The molecule has 0 aromatic carbocycles. The Labute approximate surface area is 115 Å². The lowest BCUT2D eigenvalue weighted by atomic mass is 10.0. The Morgan fingerprint density at radius 3 is 2.95 bits per heavy atom. The predicted octanol–water partition coefficient (Wildman–Crippen LogP) is 0.387. The summed E-state index contributed by atoms with van der Waals surface area (Å²) in [6.45, 7) is 2.57. The smallest absolute Gasteiger partial charge is 0.358 e. The molecule has 0 spiro atoms. The van der Waals surface area contributed by atoms with Crippen LogP contribution < -0.4 is 4.72 Å². The Morgan fingerprint density at radius 1 is 1.63 bits per heavy atom. The van der Waals surface area contributed by atoms with E-state index < -0.39 is 21.5 Å². The van der Waals surface area contributed by atoms with Gasteiger partial charge < -0.3 is 9.47 Å². The number of rotatable bonds is 4. The summed E-state index contributed by atoms with van der Waals surface area (Å²) in [5.41, 5.74) is 0.451. The summed E-state index contributed by atoms with van der Waals surface area (Å²) in [5, 5.41) is 0. The highest BCUT2D eigenvalue weighted by Gasteiger charge is 2.37. The van der Waals surface area contributed by atoms with Gasteiger partial charge in [-0.05, 0) is 13.3 Å². The average molecular weight is 306 g/mol. The molecule has 7 nitrogen and oxygen atoms in total. The van der Waals surface area contributed by atoms with Gasteiger partial charge in [0, 0.05) is 6.61 Å². The summed E-state index contributed by atoms with van der Waals surface area (Å²) < 4.78 is 36.7. The quantitative estimate of drug-likeness (QED) is 0.809. The number of hydrogen-bond acceptors (Lipinski definition) is 7. The van der Waals surface area contributed by atoms with E-state index in [1.54, 1.807) is 6.92 Å². The van der Waals surface area contributed by atoms with Crippen molar-refractivity contribution in [3.05, 3.63) is 11.2 Å². The number of sulfonamides is 1. The summed E-state index contributed by atoms with van der Waals surface area (Å²) in [5.74, 6) is -0.769. The molecule has 1 aliphatic rings. The van der Waals surface area contributed by atoms with E-state index in [1.165, 1.54) is 12.6 Å². The minimum absolute atomic E-state index is 0.132. The maximum absolute atomic E-state index is 12.3. The van der Waals surface area contributed by atoms with Crippen LogP contribution >= 0.6 is 11.3 Å². The summed E-state index contributed by atoms with van der Waals surface area (Å²) in [4.78, 5) is 15.2. The van der Waals surface area contributed by atoms with E-state index in [2.05, 4.69) is 14.4 Å². The molecular formula is C10H14N2O5S2. The summed E-state index contributed by atoms with van der Waals surface area (Å²) >= 11 is 0.879. The van der Waals surface area contributed by atoms with E-state index >= 15 is 0 Å². The predicted molar refractivity (Wildman–Crippen MR) is 67.6 cm³/mol. The Morgan fingerprint density at radius 2 is 2.37 bits per heavy atom. The van der Waals surface area contributed by atoms with Crippen LogP contribution in [-0.4, -0.2) is 45.2 Å². The van der Waals surface area contributed by atoms with Gasteiger partial charge in [0.2, 0.25) is 0 Å². The molecule has 0 aliphatic carbocycles. The highest BCUT2D eigenvalue weighted by atomic mass is 32.2. The van der Waals surface area contributed by atoms with E-state index in [0.29, 0.717) is 19.6 Å². The van der Waals surface area contributed by atoms with E-state index in [0.717, 1.165) is 11.3 Å². The van der Waals surface area contributed by atoms with Crippen molar-refractivity contribution in [2.75, 3.05) is 20.3 Å². The van der Waals surface area contributed by atoms with Crippen LogP contribution in [0.1, 0.15) is 23.8 Å². The minimum atomic E-state index is -3.82. The lowest BCUT2D eigenvalue weighted by Gasteiger charge is -2.22. The van der Waals surface area contributed by atoms with Gasteiger partial charge in [-0.25, -0.2) is 22.9 Å². The van der Waals surface area contributed by atoms with Crippen molar-refractivity contribution < 1.29 is 22.7 Å². The number of carbonyl (C=O) groups excluding carboxylic acids is 1. The number of hydrogen-bond donors (Lipinski definition) is 1. The Balaban J connectivity index is 2.30. The first-order valence-corrected chi connectivity index (χ1v) is 7.88. The van der Waals surface area contributed by atoms with Gasteiger partial charge in [-0.1, -0.05) is 0 Å². The van der Waals surface area contributed by atoms with Crippen LogP contribution in [0.4, 0.5) is 0 Å². The van der Waals surface area contributed by atoms with Crippen molar-refractivity contribution >= 4 is 27.3 Å². The van der Waals surface area contributed by atoms with Crippen LogP contribution in [0.5, 0.6) is 0 Å². The fraction of sp³-hybridized carbons (Fsp3) is 0.600. The van der Waals surface area contributed by atoms with Gasteiger partial charge in [-0.2, -0.15) is 0 Å². The first kappa shape index (κ1) is 14.4. The Bertz CT molecular complexity index is 574. The molecule has 1 aromatic rings. The van der Waals surface area contributed by atoms with Crippen molar-refractivity contribution in [2.24, 2.45) is 0 Å². The second-order valence-electron chi connectivity index (χ2n) is 4.45. The number of aromatic nitrogens is 1. The van der Waals surface area contributed by atoms with Crippen LogP contribution in [0.25, 0.3) is 0 Å². The molecule has 0 bridgehead atoms. The summed E-state index contributed by atoms with van der Waals surface area (Å²) in [6.07, 6.45) is 0.582. The molecule has 2 rings (SSSR count). The molecule has 1 aliphatic heterocycles. The van der Waals surface area contributed by atoms with E-state index in [9.17, 15) is 13.2 Å². The second-order valence-corrected chi connectivity index (χ2v) is 7.18. The molecule has 0 radical (unpaired) electrons. The maximum Gasteiger partial charge on any atom is 0.358 e. The number of nitrogens with one attached hydrogen (secondary N) is 1. The van der Waals surface area contributed by atoms with Gasteiger partial charge in [0.05, 0.1) is 24.8 Å². The van der Waals surface area contributed by atoms with Crippen LogP contribution in [0, 0.1) is 0 Å². The standard InChI is InChI=1S/C10H14N2O5S2/c1-10(3-4-17-5-10)12-19(14,15)9-7(8(13)16-2)11-6-18-9/h6,12H,3-5H2,1-2H3. The first-order valence-electron chi connectivity index (χ1n) is 5.51. The van der Waals surface area contributed by atoms with Crippen molar-refractivity contribution in [1.82, 2.24) is 9.71 Å². The summed E-state index contributed by atoms with van der Waals surface area (Å²) in [6, 6.07) is 0.